The second-order valence-electron chi connectivity index (χ2n) is 5.83. The van der Waals surface area contributed by atoms with Crippen molar-refractivity contribution < 1.29 is 4.79 Å². The van der Waals surface area contributed by atoms with Crippen LogP contribution in [-0.4, -0.2) is 84.0 Å². The number of rotatable bonds is 4. The quantitative estimate of drug-likeness (QED) is 0.805. The molecule has 1 amide bonds. The molecule has 0 bridgehead atoms. The molecule has 2 aliphatic rings. The van der Waals surface area contributed by atoms with E-state index in [0.29, 0.717) is 12.3 Å². The normalized spacial score (nSPS) is 18.7. The third-order valence-corrected chi connectivity index (χ3v) is 5.14. The Morgan fingerprint density at radius 1 is 1.12 bits per heavy atom. The van der Waals surface area contributed by atoms with Crippen molar-refractivity contribution in [1.82, 2.24) is 24.5 Å². The molecule has 0 aromatic carbocycles. The molecule has 0 spiro atoms. The number of piperazine rings is 2. The van der Waals surface area contributed by atoms with Crippen LogP contribution >= 0.6 is 36.3 Å². The molecule has 138 valence electrons. The van der Waals surface area contributed by atoms with E-state index in [4.69, 9.17) is 0 Å². The zero-order valence-corrected chi connectivity index (χ0v) is 16.4. The van der Waals surface area contributed by atoms with Crippen LogP contribution in [0.4, 0.5) is 5.13 Å². The fourth-order valence-corrected chi connectivity index (χ4v) is 3.63. The predicted octanol–water partition coefficient (Wildman–Crippen LogP) is 0.634. The van der Waals surface area contributed by atoms with Crippen LogP contribution in [0.3, 0.4) is 0 Å². The zero-order chi connectivity index (χ0) is 15.4. The SMILES string of the molecule is Cc1nsc(N2CCN(CCC(=O)N3CCNCC3)CC2)n1.Cl.Cl. The van der Waals surface area contributed by atoms with E-state index in [9.17, 15) is 4.79 Å². The van der Waals surface area contributed by atoms with Gasteiger partial charge in [0, 0.05) is 76.9 Å². The molecule has 7 nitrogen and oxygen atoms in total. The maximum absolute atomic E-state index is 12.2. The lowest BCUT2D eigenvalue weighted by molar-refractivity contribution is -0.132. The highest BCUT2D eigenvalue weighted by molar-refractivity contribution is 7.09. The van der Waals surface area contributed by atoms with E-state index in [1.54, 1.807) is 0 Å². The van der Waals surface area contributed by atoms with Crippen LogP contribution in [-0.2, 0) is 4.79 Å². The molecule has 3 heterocycles. The zero-order valence-electron chi connectivity index (χ0n) is 13.9. The molecule has 0 unspecified atom stereocenters. The Morgan fingerprint density at radius 3 is 2.38 bits per heavy atom. The summed E-state index contributed by atoms with van der Waals surface area (Å²) in [4.78, 5) is 23.3. The van der Waals surface area contributed by atoms with Gasteiger partial charge < -0.3 is 15.1 Å². The van der Waals surface area contributed by atoms with Crippen molar-refractivity contribution in [3.63, 3.8) is 0 Å². The monoisotopic (exact) mass is 396 g/mol. The lowest BCUT2D eigenvalue weighted by atomic mass is 10.2. The topological polar surface area (TPSA) is 64.6 Å². The van der Waals surface area contributed by atoms with Crippen molar-refractivity contribution in [2.24, 2.45) is 0 Å². The number of carbonyl (C=O) groups excluding carboxylic acids is 1. The van der Waals surface area contributed by atoms with Gasteiger partial charge in [0.25, 0.3) is 0 Å². The number of amides is 1. The Kier molecular flexibility index (Phi) is 9.22. The lowest BCUT2D eigenvalue weighted by Gasteiger charge is -2.35. The van der Waals surface area contributed by atoms with Crippen LogP contribution in [0, 0.1) is 6.92 Å². The van der Waals surface area contributed by atoms with Crippen molar-refractivity contribution in [1.29, 1.82) is 0 Å². The number of aromatic nitrogens is 2. The molecular formula is C14H26Cl2N6OS. The summed E-state index contributed by atoms with van der Waals surface area (Å²) < 4.78 is 4.24. The van der Waals surface area contributed by atoms with Crippen LogP contribution in [0.15, 0.2) is 0 Å². The predicted molar refractivity (Wildman–Crippen MR) is 102 cm³/mol. The van der Waals surface area contributed by atoms with E-state index in [-0.39, 0.29) is 24.8 Å². The highest BCUT2D eigenvalue weighted by Crippen LogP contribution is 2.18. The maximum Gasteiger partial charge on any atom is 0.223 e. The van der Waals surface area contributed by atoms with Crippen molar-refractivity contribution in [3.8, 4) is 0 Å². The Hall–Kier alpha value is -0.670. The van der Waals surface area contributed by atoms with Gasteiger partial charge in [-0.1, -0.05) is 0 Å². The van der Waals surface area contributed by atoms with Crippen LogP contribution in [0.5, 0.6) is 0 Å². The van der Waals surface area contributed by atoms with Crippen LogP contribution in [0.25, 0.3) is 0 Å². The molecular weight excluding hydrogens is 371 g/mol. The Labute approximate surface area is 159 Å². The van der Waals surface area contributed by atoms with Crippen LogP contribution in [0.1, 0.15) is 12.2 Å². The van der Waals surface area contributed by atoms with Crippen molar-refractivity contribution in [3.05, 3.63) is 5.82 Å². The number of nitrogens with one attached hydrogen (secondary N) is 1. The van der Waals surface area contributed by atoms with Crippen LogP contribution < -0.4 is 10.2 Å². The average molecular weight is 397 g/mol. The van der Waals surface area contributed by atoms with E-state index in [0.717, 1.165) is 69.9 Å². The van der Waals surface area contributed by atoms with Gasteiger partial charge in [0.2, 0.25) is 11.0 Å². The molecule has 1 aromatic heterocycles. The summed E-state index contributed by atoms with van der Waals surface area (Å²) in [6.07, 6.45) is 0.637. The van der Waals surface area contributed by atoms with Crippen molar-refractivity contribution in [2.75, 3.05) is 63.8 Å². The summed E-state index contributed by atoms with van der Waals surface area (Å²) in [5, 5.41) is 4.30. The van der Waals surface area contributed by atoms with Gasteiger partial charge in [0.05, 0.1) is 0 Å². The van der Waals surface area contributed by atoms with Gasteiger partial charge in [-0.2, -0.15) is 4.37 Å². The van der Waals surface area contributed by atoms with E-state index >= 15 is 0 Å². The molecule has 3 rings (SSSR count). The molecule has 2 fully saturated rings. The van der Waals surface area contributed by atoms with Gasteiger partial charge in [-0.3, -0.25) is 9.69 Å². The highest BCUT2D eigenvalue weighted by Gasteiger charge is 2.21. The number of nitrogens with zero attached hydrogens (tertiary/aromatic N) is 5. The number of aryl methyl sites for hydroxylation is 1. The van der Waals surface area contributed by atoms with Gasteiger partial charge in [0.15, 0.2) is 0 Å². The van der Waals surface area contributed by atoms with Crippen molar-refractivity contribution in [2.45, 2.75) is 13.3 Å². The minimum atomic E-state index is 0. The fraction of sp³-hybridized carbons (Fsp3) is 0.786. The summed E-state index contributed by atoms with van der Waals surface area (Å²) in [6, 6.07) is 0. The first kappa shape index (κ1) is 21.4. The Morgan fingerprint density at radius 2 is 1.79 bits per heavy atom. The Balaban J connectivity index is 0.00000144. The lowest BCUT2D eigenvalue weighted by Crippen LogP contribution is -2.49. The second kappa shape index (κ2) is 10.4. The minimum Gasteiger partial charge on any atom is -0.344 e. The first-order valence-corrected chi connectivity index (χ1v) is 8.76. The number of halogens is 2. The van der Waals surface area contributed by atoms with Crippen LogP contribution in [0.2, 0.25) is 0 Å². The molecule has 24 heavy (non-hydrogen) atoms. The average Bonchev–Trinajstić information content (AvgIpc) is 3.00. The first-order valence-electron chi connectivity index (χ1n) is 7.98. The van der Waals surface area contributed by atoms with Gasteiger partial charge in [-0.25, -0.2) is 4.98 Å². The molecule has 0 atom stereocenters. The summed E-state index contributed by atoms with van der Waals surface area (Å²) in [5.74, 6) is 1.15. The summed E-state index contributed by atoms with van der Waals surface area (Å²) >= 11 is 1.47. The summed E-state index contributed by atoms with van der Waals surface area (Å²) in [5.41, 5.74) is 0. The van der Waals surface area contributed by atoms with E-state index < -0.39 is 0 Å². The van der Waals surface area contributed by atoms with E-state index in [2.05, 4.69) is 24.5 Å². The fourth-order valence-electron chi connectivity index (χ4n) is 2.90. The summed E-state index contributed by atoms with van der Waals surface area (Å²) in [6.45, 7) is 10.3. The smallest absolute Gasteiger partial charge is 0.223 e. The Bertz CT molecular complexity index is 503. The van der Waals surface area contributed by atoms with E-state index in [1.807, 2.05) is 11.8 Å². The number of hydrogen-bond donors (Lipinski definition) is 1. The van der Waals surface area contributed by atoms with Gasteiger partial charge in [-0.05, 0) is 6.92 Å². The largest absolute Gasteiger partial charge is 0.344 e. The highest BCUT2D eigenvalue weighted by atomic mass is 35.5. The number of carbonyl (C=O) groups is 1. The molecule has 0 aliphatic carbocycles. The molecule has 1 N–H and O–H groups in total. The van der Waals surface area contributed by atoms with Gasteiger partial charge in [0.1, 0.15) is 5.82 Å². The van der Waals surface area contributed by atoms with Gasteiger partial charge in [-0.15, -0.1) is 24.8 Å². The minimum absolute atomic E-state index is 0. The molecule has 2 saturated heterocycles. The standard InChI is InChI=1S/C14H24N6OS.2ClH/c1-12-16-14(22-17-12)20-10-8-18(9-11-20)5-2-13(21)19-6-3-15-4-7-19;;/h15H,2-11H2,1H3;2*1H. The molecule has 0 saturated carbocycles. The molecule has 2 aliphatic heterocycles. The second-order valence-corrected chi connectivity index (χ2v) is 6.56. The first-order chi connectivity index (χ1) is 10.7. The molecule has 10 heteroatoms. The number of anilines is 1. The summed E-state index contributed by atoms with van der Waals surface area (Å²) in [7, 11) is 0. The molecule has 1 aromatic rings. The number of hydrogen-bond acceptors (Lipinski definition) is 7. The third-order valence-electron chi connectivity index (χ3n) is 4.27. The third kappa shape index (κ3) is 5.70. The maximum atomic E-state index is 12.2. The van der Waals surface area contributed by atoms with E-state index in [1.165, 1.54) is 11.5 Å². The van der Waals surface area contributed by atoms with Gasteiger partial charge >= 0.3 is 0 Å². The van der Waals surface area contributed by atoms with Crippen molar-refractivity contribution >= 4 is 47.4 Å². The molecule has 0 radical (unpaired) electrons.